The summed E-state index contributed by atoms with van der Waals surface area (Å²) in [5, 5.41) is 9.46. The number of aromatic nitrogens is 3. The van der Waals surface area contributed by atoms with Crippen LogP contribution in [0.3, 0.4) is 0 Å². The number of ether oxygens (including phenoxy) is 3. The molecule has 39 heavy (non-hydrogen) atoms. The van der Waals surface area contributed by atoms with Gasteiger partial charge in [0.2, 0.25) is 0 Å². The Morgan fingerprint density at radius 1 is 1.10 bits per heavy atom. The van der Waals surface area contributed by atoms with Crippen LogP contribution in [-0.2, 0) is 6.54 Å². The number of thiophene rings is 1. The number of nitrogens with zero attached hydrogens (tertiary/aromatic N) is 2. The van der Waals surface area contributed by atoms with Gasteiger partial charge >= 0.3 is 18.2 Å². The minimum absolute atomic E-state index is 0.0376. The largest absolute Gasteiger partial charge is 0.573 e. The van der Waals surface area contributed by atoms with Crippen LogP contribution in [0, 0.1) is 6.92 Å². The number of benzene rings is 1. The number of nitrogens with one attached hydrogen (secondary N) is 1. The fourth-order valence-corrected chi connectivity index (χ4v) is 4.89. The Bertz CT molecular complexity index is 1630. The molecule has 0 spiro atoms. The lowest BCUT2D eigenvalue weighted by Gasteiger charge is -2.15. The second-order valence-electron chi connectivity index (χ2n) is 8.02. The van der Waals surface area contributed by atoms with Crippen molar-refractivity contribution in [3.05, 3.63) is 62.9 Å². The van der Waals surface area contributed by atoms with E-state index in [1.165, 1.54) is 38.4 Å². The van der Waals surface area contributed by atoms with E-state index in [0.717, 1.165) is 23.5 Å². The van der Waals surface area contributed by atoms with Gasteiger partial charge in [-0.25, -0.2) is 9.78 Å². The van der Waals surface area contributed by atoms with Crippen LogP contribution in [0.15, 0.2) is 46.1 Å². The summed E-state index contributed by atoms with van der Waals surface area (Å²) >= 11 is 0.842. The van der Waals surface area contributed by atoms with Gasteiger partial charge in [-0.15, -0.1) is 24.5 Å². The van der Waals surface area contributed by atoms with Crippen LogP contribution in [0.1, 0.15) is 5.56 Å². The van der Waals surface area contributed by atoms with Gasteiger partial charge in [0.05, 0.1) is 19.0 Å². The van der Waals surface area contributed by atoms with Crippen LogP contribution >= 0.6 is 11.3 Å². The summed E-state index contributed by atoms with van der Waals surface area (Å²) in [6.07, 6.45) is -11.4. The maximum Gasteiger partial charge on any atom is 0.573 e. The number of hydrogen-bond donors (Lipinski definition) is 2. The highest BCUT2D eigenvalue weighted by atomic mass is 32.1. The zero-order valence-electron chi connectivity index (χ0n) is 19.8. The van der Waals surface area contributed by atoms with Gasteiger partial charge < -0.3 is 19.3 Å². The van der Waals surface area contributed by atoms with E-state index in [1.54, 1.807) is 0 Å². The van der Waals surface area contributed by atoms with Gasteiger partial charge in [0.25, 0.3) is 11.4 Å². The second kappa shape index (κ2) is 10.3. The zero-order valence-corrected chi connectivity index (χ0v) is 20.6. The molecular weight excluding hydrogens is 560 g/mol. The van der Waals surface area contributed by atoms with Crippen LogP contribution in [0.4, 0.5) is 26.3 Å². The van der Waals surface area contributed by atoms with Gasteiger partial charge in [-0.1, -0.05) is 0 Å². The third kappa shape index (κ3) is 6.01. The molecule has 16 heteroatoms. The van der Waals surface area contributed by atoms with Crippen LogP contribution in [-0.4, -0.2) is 45.4 Å². The summed E-state index contributed by atoms with van der Waals surface area (Å²) in [4.78, 5) is 31.2. The van der Waals surface area contributed by atoms with Gasteiger partial charge in [-0.2, -0.15) is 13.2 Å². The first kappa shape index (κ1) is 28.0. The number of H-pyrrole nitrogens is 1. The highest BCUT2D eigenvalue weighted by Gasteiger charge is 2.39. The Hall–Kier alpha value is -4.05. The number of pyridine rings is 1. The van der Waals surface area contributed by atoms with Crippen LogP contribution in [0.25, 0.3) is 20.7 Å². The van der Waals surface area contributed by atoms with Crippen molar-refractivity contribution in [1.82, 2.24) is 14.5 Å². The molecule has 3 heterocycles. The smallest absolute Gasteiger partial charge is 0.491 e. The van der Waals surface area contributed by atoms with Crippen LogP contribution in [0.5, 0.6) is 23.1 Å². The molecule has 0 saturated carbocycles. The molecule has 1 atom stereocenters. The first-order valence-electron chi connectivity index (χ1n) is 10.8. The third-order valence-corrected chi connectivity index (χ3v) is 6.74. The van der Waals surface area contributed by atoms with Crippen LogP contribution < -0.4 is 25.5 Å². The summed E-state index contributed by atoms with van der Waals surface area (Å²) in [6.45, 7) is 0.399. The van der Waals surface area contributed by atoms with Crippen molar-refractivity contribution >= 4 is 21.6 Å². The molecule has 0 fully saturated rings. The second-order valence-corrected chi connectivity index (χ2v) is 9.02. The molecule has 4 rings (SSSR count). The van der Waals surface area contributed by atoms with Gasteiger partial charge in [0.15, 0.2) is 11.9 Å². The van der Waals surface area contributed by atoms with E-state index in [4.69, 9.17) is 9.47 Å². The van der Waals surface area contributed by atoms with Crippen molar-refractivity contribution < 1.29 is 45.7 Å². The number of halogens is 6. The fourth-order valence-electron chi connectivity index (χ4n) is 3.59. The molecule has 0 amide bonds. The first-order valence-corrected chi connectivity index (χ1v) is 11.6. The van der Waals surface area contributed by atoms with E-state index in [9.17, 15) is 41.0 Å². The quantitative estimate of drug-likeness (QED) is 0.305. The maximum absolute atomic E-state index is 12.9. The summed E-state index contributed by atoms with van der Waals surface area (Å²) in [6, 6.07) is 5.97. The highest BCUT2D eigenvalue weighted by molar-refractivity contribution is 7.22. The first-order chi connectivity index (χ1) is 18.2. The van der Waals surface area contributed by atoms with Gasteiger partial charge in [0.1, 0.15) is 16.3 Å². The van der Waals surface area contributed by atoms with Crippen molar-refractivity contribution in [2.24, 2.45) is 0 Å². The van der Waals surface area contributed by atoms with Crippen molar-refractivity contribution in [2.45, 2.75) is 32.1 Å². The predicted octanol–water partition coefficient (Wildman–Crippen LogP) is 4.74. The molecule has 2 N–H and O–H groups in total. The van der Waals surface area contributed by atoms with Crippen molar-refractivity contribution in [2.75, 3.05) is 7.11 Å². The van der Waals surface area contributed by atoms with E-state index in [-0.39, 0.29) is 27.6 Å². The summed E-state index contributed by atoms with van der Waals surface area (Å²) < 4.78 is 91.2. The Balaban J connectivity index is 1.70. The molecule has 3 aromatic heterocycles. The van der Waals surface area contributed by atoms with E-state index < -0.39 is 42.2 Å². The SMILES string of the molecule is COc1cc(-c2sc3c(c2C)c(=O)[nH]c(=O)n3CC(O)C(F)(F)F)cnc1Oc1ccc(OC(F)(F)F)cc1. The van der Waals surface area contributed by atoms with Gasteiger partial charge in [0, 0.05) is 16.6 Å². The molecule has 0 bridgehead atoms. The zero-order chi connectivity index (χ0) is 28.7. The molecule has 4 aromatic rings. The lowest BCUT2D eigenvalue weighted by atomic mass is 10.1. The number of aliphatic hydroxyl groups excluding tert-OH is 1. The lowest BCUT2D eigenvalue weighted by Crippen LogP contribution is -2.38. The number of rotatable bonds is 7. The topological polar surface area (TPSA) is 116 Å². The number of aryl methyl sites for hydroxylation is 1. The number of fused-ring (bicyclic) bond motifs is 1. The van der Waals surface area contributed by atoms with E-state index in [2.05, 4.69) is 9.72 Å². The summed E-state index contributed by atoms with van der Waals surface area (Å²) in [5.74, 6) is -0.326. The average Bonchev–Trinajstić information content (AvgIpc) is 3.19. The molecule has 0 radical (unpaired) electrons. The maximum atomic E-state index is 12.9. The Morgan fingerprint density at radius 3 is 2.33 bits per heavy atom. The number of aromatic amines is 1. The van der Waals surface area contributed by atoms with Gasteiger partial charge in [-0.05, 0) is 42.8 Å². The summed E-state index contributed by atoms with van der Waals surface area (Å²) in [7, 11) is 1.30. The normalized spacial score (nSPS) is 12.9. The molecule has 1 aromatic carbocycles. The van der Waals surface area contributed by atoms with Crippen LogP contribution in [0.2, 0.25) is 0 Å². The third-order valence-electron chi connectivity index (χ3n) is 5.37. The molecule has 0 aliphatic carbocycles. The highest BCUT2D eigenvalue weighted by Crippen LogP contribution is 2.40. The van der Waals surface area contributed by atoms with E-state index in [1.807, 2.05) is 4.98 Å². The molecular formula is C23H17F6N3O6S. The van der Waals surface area contributed by atoms with Crippen molar-refractivity contribution in [3.8, 4) is 33.6 Å². The fraction of sp³-hybridized carbons (Fsp3) is 0.261. The predicted molar refractivity (Wildman–Crippen MR) is 126 cm³/mol. The monoisotopic (exact) mass is 577 g/mol. The number of alkyl halides is 6. The molecule has 9 nitrogen and oxygen atoms in total. The van der Waals surface area contributed by atoms with Crippen molar-refractivity contribution in [3.63, 3.8) is 0 Å². The van der Waals surface area contributed by atoms with Crippen molar-refractivity contribution in [1.29, 1.82) is 0 Å². The Morgan fingerprint density at radius 2 is 1.74 bits per heavy atom. The van der Waals surface area contributed by atoms with Gasteiger partial charge in [-0.3, -0.25) is 14.3 Å². The lowest BCUT2D eigenvalue weighted by molar-refractivity contribution is -0.274. The number of methoxy groups -OCH3 is 1. The Labute approximate surface area is 217 Å². The molecule has 0 saturated heterocycles. The average molecular weight is 577 g/mol. The Kier molecular flexibility index (Phi) is 7.36. The summed E-state index contributed by atoms with van der Waals surface area (Å²) in [5.41, 5.74) is -1.23. The minimum atomic E-state index is -4.99. The number of hydrogen-bond acceptors (Lipinski definition) is 8. The standard InChI is InChI=1S/C23H17F6N3O6S/c1-10-16-18(34)31-21(35)32(9-15(33)22(24,25)26)20(16)39-17(10)11-7-14(36-2)19(30-8-11)37-12-3-5-13(6-4-12)38-23(27,28)29/h3-8,15,33H,9H2,1-2H3,(H,31,34,35). The van der Waals surface area contributed by atoms with E-state index in [0.29, 0.717) is 20.6 Å². The molecule has 1 unspecified atom stereocenters. The number of aliphatic hydroxyl groups is 1. The minimum Gasteiger partial charge on any atom is -0.491 e. The van der Waals surface area contributed by atoms with E-state index >= 15 is 0 Å². The molecule has 0 aliphatic rings. The molecule has 208 valence electrons. The molecule has 0 aliphatic heterocycles.